The van der Waals surface area contributed by atoms with Gasteiger partial charge in [-0.1, -0.05) is 25.5 Å². The van der Waals surface area contributed by atoms with Gasteiger partial charge >= 0.3 is 5.97 Å². The summed E-state index contributed by atoms with van der Waals surface area (Å²) in [6, 6.07) is 7.17. The molecule has 0 spiro atoms. The van der Waals surface area contributed by atoms with Crippen molar-refractivity contribution < 1.29 is 14.3 Å². The van der Waals surface area contributed by atoms with Gasteiger partial charge < -0.3 is 9.47 Å². The Morgan fingerprint density at radius 2 is 2.07 bits per heavy atom. The van der Waals surface area contributed by atoms with Crippen molar-refractivity contribution in [3.8, 4) is 5.75 Å². The van der Waals surface area contributed by atoms with E-state index >= 15 is 0 Å². The highest BCUT2D eigenvalue weighted by Crippen LogP contribution is 2.27. The summed E-state index contributed by atoms with van der Waals surface area (Å²) in [5.74, 6) is 0.354. The zero-order valence-corrected chi connectivity index (χ0v) is 8.73. The topological polar surface area (TPSA) is 35.5 Å². The van der Waals surface area contributed by atoms with Crippen LogP contribution in [0.2, 0.25) is 0 Å². The van der Waals surface area contributed by atoms with Crippen LogP contribution in [0, 0.1) is 0 Å². The number of rotatable bonds is 3. The summed E-state index contributed by atoms with van der Waals surface area (Å²) in [5.41, 5.74) is 0.519. The standard InChI is InChI=1S/C12H14O3/c1-2-3-8-11-14-10-7-5-4-6-9(10)12(13)15-11/h4-7,11H,2-3,8H2,1H3. The molecule has 0 fully saturated rings. The third kappa shape index (κ3) is 2.12. The fourth-order valence-electron chi connectivity index (χ4n) is 1.58. The van der Waals surface area contributed by atoms with E-state index in [0.29, 0.717) is 11.3 Å². The van der Waals surface area contributed by atoms with E-state index in [-0.39, 0.29) is 5.97 Å². The lowest BCUT2D eigenvalue weighted by Crippen LogP contribution is -2.29. The van der Waals surface area contributed by atoms with Crippen molar-refractivity contribution in [2.75, 3.05) is 0 Å². The molecule has 80 valence electrons. The normalized spacial score (nSPS) is 19.0. The van der Waals surface area contributed by atoms with E-state index in [1.807, 2.05) is 6.07 Å². The molecule has 0 amide bonds. The molecule has 0 N–H and O–H groups in total. The van der Waals surface area contributed by atoms with Gasteiger partial charge in [-0.15, -0.1) is 0 Å². The zero-order chi connectivity index (χ0) is 10.7. The molecule has 0 radical (unpaired) electrons. The first-order chi connectivity index (χ1) is 7.31. The van der Waals surface area contributed by atoms with Crippen LogP contribution in [0.5, 0.6) is 5.75 Å². The Morgan fingerprint density at radius 3 is 2.87 bits per heavy atom. The van der Waals surface area contributed by atoms with Crippen LogP contribution in [0.1, 0.15) is 36.5 Å². The van der Waals surface area contributed by atoms with Crippen LogP contribution >= 0.6 is 0 Å². The minimum absolute atomic E-state index is 0.280. The predicted octanol–water partition coefficient (Wildman–Crippen LogP) is 2.75. The molecule has 1 aliphatic rings. The first kappa shape index (κ1) is 10.0. The van der Waals surface area contributed by atoms with Gasteiger partial charge in [-0.3, -0.25) is 0 Å². The van der Waals surface area contributed by atoms with E-state index in [1.54, 1.807) is 18.2 Å². The molecule has 0 bridgehead atoms. The van der Waals surface area contributed by atoms with Crippen LogP contribution in [-0.4, -0.2) is 12.3 Å². The van der Waals surface area contributed by atoms with Gasteiger partial charge in [0, 0.05) is 6.42 Å². The van der Waals surface area contributed by atoms with Gasteiger partial charge in [-0.2, -0.15) is 0 Å². The van der Waals surface area contributed by atoms with Crippen LogP contribution in [0.25, 0.3) is 0 Å². The fraction of sp³-hybridized carbons (Fsp3) is 0.417. The molecule has 2 rings (SSSR count). The number of para-hydroxylation sites is 1. The minimum Gasteiger partial charge on any atom is -0.454 e. The van der Waals surface area contributed by atoms with Gasteiger partial charge in [0.1, 0.15) is 11.3 Å². The van der Waals surface area contributed by atoms with Crippen molar-refractivity contribution in [1.29, 1.82) is 0 Å². The van der Waals surface area contributed by atoms with Crippen molar-refractivity contribution in [1.82, 2.24) is 0 Å². The summed E-state index contributed by atoms with van der Waals surface area (Å²) in [6.07, 6.45) is 2.42. The van der Waals surface area contributed by atoms with E-state index in [0.717, 1.165) is 19.3 Å². The van der Waals surface area contributed by atoms with Crippen molar-refractivity contribution in [3.63, 3.8) is 0 Å². The minimum atomic E-state index is -0.410. The molecular formula is C12H14O3. The molecule has 0 aliphatic carbocycles. The molecule has 1 aromatic carbocycles. The quantitative estimate of drug-likeness (QED) is 0.713. The summed E-state index contributed by atoms with van der Waals surface area (Å²) >= 11 is 0. The summed E-state index contributed by atoms with van der Waals surface area (Å²) in [6.45, 7) is 2.10. The number of carbonyl (C=O) groups is 1. The van der Waals surface area contributed by atoms with Gasteiger partial charge in [0.15, 0.2) is 0 Å². The maximum absolute atomic E-state index is 11.6. The average Bonchev–Trinajstić information content (AvgIpc) is 2.26. The number of hydrogen-bond donors (Lipinski definition) is 0. The highest BCUT2D eigenvalue weighted by molar-refractivity contribution is 5.93. The number of hydrogen-bond acceptors (Lipinski definition) is 3. The van der Waals surface area contributed by atoms with Gasteiger partial charge in [-0.05, 0) is 18.6 Å². The zero-order valence-electron chi connectivity index (χ0n) is 8.73. The molecule has 1 atom stereocenters. The van der Waals surface area contributed by atoms with Gasteiger partial charge in [0.2, 0.25) is 6.29 Å². The largest absolute Gasteiger partial charge is 0.454 e. The maximum atomic E-state index is 11.6. The van der Waals surface area contributed by atoms with Gasteiger partial charge in [-0.25, -0.2) is 4.79 Å². The van der Waals surface area contributed by atoms with Crippen molar-refractivity contribution >= 4 is 5.97 Å². The molecule has 1 aromatic rings. The second kappa shape index (κ2) is 4.34. The smallest absolute Gasteiger partial charge is 0.345 e. The predicted molar refractivity (Wildman–Crippen MR) is 55.8 cm³/mol. The Kier molecular flexibility index (Phi) is 2.90. The molecule has 3 nitrogen and oxygen atoms in total. The molecule has 3 heteroatoms. The summed E-state index contributed by atoms with van der Waals surface area (Å²) < 4.78 is 10.7. The van der Waals surface area contributed by atoms with E-state index in [2.05, 4.69) is 6.92 Å². The molecule has 0 aromatic heterocycles. The van der Waals surface area contributed by atoms with E-state index in [9.17, 15) is 4.79 Å². The number of fused-ring (bicyclic) bond motifs is 1. The van der Waals surface area contributed by atoms with Crippen molar-refractivity contribution in [2.45, 2.75) is 32.5 Å². The van der Waals surface area contributed by atoms with Gasteiger partial charge in [0.05, 0.1) is 0 Å². The number of esters is 1. The molecule has 1 unspecified atom stereocenters. The molecule has 0 saturated heterocycles. The molecule has 0 saturated carbocycles. The van der Waals surface area contributed by atoms with Crippen LogP contribution in [-0.2, 0) is 4.74 Å². The van der Waals surface area contributed by atoms with E-state index in [4.69, 9.17) is 9.47 Å². The molecular weight excluding hydrogens is 192 g/mol. The molecule has 15 heavy (non-hydrogen) atoms. The SMILES string of the molecule is CCCCC1OC(=O)c2ccccc2O1. The average molecular weight is 206 g/mol. The number of benzene rings is 1. The third-order valence-corrected chi connectivity index (χ3v) is 2.40. The number of ether oxygens (including phenoxy) is 2. The summed E-state index contributed by atoms with van der Waals surface area (Å²) in [7, 11) is 0. The Labute approximate surface area is 89.0 Å². The van der Waals surface area contributed by atoms with E-state index < -0.39 is 6.29 Å². The van der Waals surface area contributed by atoms with Crippen molar-refractivity contribution in [2.24, 2.45) is 0 Å². The number of carbonyl (C=O) groups excluding carboxylic acids is 1. The highest BCUT2D eigenvalue weighted by Gasteiger charge is 2.26. The lowest BCUT2D eigenvalue weighted by Gasteiger charge is -2.25. The van der Waals surface area contributed by atoms with Crippen LogP contribution in [0.4, 0.5) is 0 Å². The molecule has 1 heterocycles. The summed E-state index contributed by atoms with van der Waals surface area (Å²) in [4.78, 5) is 11.6. The first-order valence-electron chi connectivity index (χ1n) is 5.28. The Morgan fingerprint density at radius 1 is 1.27 bits per heavy atom. The van der Waals surface area contributed by atoms with Crippen LogP contribution in [0.15, 0.2) is 24.3 Å². The molecule has 1 aliphatic heterocycles. The highest BCUT2D eigenvalue weighted by atomic mass is 16.7. The third-order valence-electron chi connectivity index (χ3n) is 2.40. The van der Waals surface area contributed by atoms with Crippen molar-refractivity contribution in [3.05, 3.63) is 29.8 Å². The van der Waals surface area contributed by atoms with Crippen LogP contribution in [0.3, 0.4) is 0 Å². The second-order valence-corrected chi connectivity index (χ2v) is 3.59. The van der Waals surface area contributed by atoms with E-state index in [1.165, 1.54) is 0 Å². The Hall–Kier alpha value is -1.51. The Bertz CT molecular complexity index is 360. The maximum Gasteiger partial charge on any atom is 0.345 e. The lowest BCUT2D eigenvalue weighted by molar-refractivity contribution is -0.0644. The second-order valence-electron chi connectivity index (χ2n) is 3.59. The number of unbranched alkanes of at least 4 members (excludes halogenated alkanes) is 1. The number of cyclic esters (lactones) is 1. The Balaban J connectivity index is 2.12. The first-order valence-corrected chi connectivity index (χ1v) is 5.28. The monoisotopic (exact) mass is 206 g/mol. The fourth-order valence-corrected chi connectivity index (χ4v) is 1.58. The van der Waals surface area contributed by atoms with Crippen LogP contribution < -0.4 is 4.74 Å². The lowest BCUT2D eigenvalue weighted by atomic mass is 10.1. The summed E-state index contributed by atoms with van der Waals surface area (Å²) in [5, 5.41) is 0. The van der Waals surface area contributed by atoms with Gasteiger partial charge in [0.25, 0.3) is 0 Å².